The van der Waals surface area contributed by atoms with E-state index in [9.17, 15) is 10.1 Å². The van der Waals surface area contributed by atoms with Gasteiger partial charge >= 0.3 is 5.69 Å². The summed E-state index contributed by atoms with van der Waals surface area (Å²) in [6.07, 6.45) is 0. The molecule has 0 aliphatic rings. The number of benzene rings is 1. The standard InChI is InChI=1S/C6H3Cl2NO3/c7-3-1-2-4(10)6(5(3)8)9(11)12/h1-2,10H. The first kappa shape index (κ1) is 9.09. The minimum atomic E-state index is -0.788. The maximum atomic E-state index is 10.3. The van der Waals surface area contributed by atoms with Gasteiger partial charge in [0.2, 0.25) is 0 Å². The van der Waals surface area contributed by atoms with Crippen LogP contribution in [-0.2, 0) is 0 Å². The smallest absolute Gasteiger partial charge is 0.330 e. The van der Waals surface area contributed by atoms with Gasteiger partial charge in [0, 0.05) is 0 Å². The van der Waals surface area contributed by atoms with E-state index in [1.54, 1.807) is 0 Å². The van der Waals surface area contributed by atoms with Crippen molar-refractivity contribution in [2.75, 3.05) is 0 Å². The van der Waals surface area contributed by atoms with Crippen LogP contribution in [0.2, 0.25) is 10.0 Å². The van der Waals surface area contributed by atoms with E-state index in [-0.39, 0.29) is 10.0 Å². The van der Waals surface area contributed by atoms with Gasteiger partial charge in [0.25, 0.3) is 0 Å². The third-order valence-electron chi connectivity index (χ3n) is 1.23. The van der Waals surface area contributed by atoms with Crippen LogP contribution in [0.4, 0.5) is 5.69 Å². The van der Waals surface area contributed by atoms with Crippen molar-refractivity contribution in [3.63, 3.8) is 0 Å². The summed E-state index contributed by atoms with van der Waals surface area (Å²) in [6.45, 7) is 0. The molecule has 0 aliphatic heterocycles. The third-order valence-corrected chi connectivity index (χ3v) is 2.02. The first-order valence-corrected chi connectivity index (χ1v) is 3.61. The second-order valence-electron chi connectivity index (χ2n) is 1.99. The largest absolute Gasteiger partial charge is 0.502 e. The van der Waals surface area contributed by atoms with Crippen molar-refractivity contribution in [2.45, 2.75) is 0 Å². The number of nitrogens with zero attached hydrogens (tertiary/aromatic N) is 1. The number of rotatable bonds is 1. The molecule has 0 spiro atoms. The molecule has 0 radical (unpaired) electrons. The molecule has 0 bridgehead atoms. The quantitative estimate of drug-likeness (QED) is 0.569. The van der Waals surface area contributed by atoms with Gasteiger partial charge in [-0.25, -0.2) is 0 Å². The fraction of sp³-hybridized carbons (Fsp3) is 0. The highest BCUT2D eigenvalue weighted by Crippen LogP contribution is 2.38. The van der Waals surface area contributed by atoms with Crippen LogP contribution in [-0.4, -0.2) is 10.0 Å². The summed E-state index contributed by atoms with van der Waals surface area (Å²) in [6, 6.07) is 2.40. The second-order valence-corrected chi connectivity index (χ2v) is 2.77. The van der Waals surface area contributed by atoms with Gasteiger partial charge in [-0.2, -0.15) is 0 Å². The van der Waals surface area contributed by atoms with Crippen molar-refractivity contribution in [3.8, 4) is 5.75 Å². The number of nitro groups is 1. The summed E-state index contributed by atoms with van der Waals surface area (Å²) in [5.41, 5.74) is -0.566. The lowest BCUT2D eigenvalue weighted by atomic mass is 10.3. The maximum absolute atomic E-state index is 10.3. The molecular formula is C6H3Cl2NO3. The van der Waals surface area contributed by atoms with Crippen molar-refractivity contribution < 1.29 is 10.0 Å². The predicted octanol–water partition coefficient (Wildman–Crippen LogP) is 2.61. The lowest BCUT2D eigenvalue weighted by Crippen LogP contribution is -1.89. The Morgan fingerprint density at radius 2 is 2.00 bits per heavy atom. The highest BCUT2D eigenvalue weighted by atomic mass is 35.5. The molecule has 12 heavy (non-hydrogen) atoms. The molecular weight excluding hydrogens is 205 g/mol. The first-order chi connectivity index (χ1) is 5.54. The Balaban J connectivity index is 3.43. The summed E-state index contributed by atoms with van der Waals surface area (Å²) in [5, 5.41) is 19.1. The minimum Gasteiger partial charge on any atom is -0.502 e. The summed E-state index contributed by atoms with van der Waals surface area (Å²) in [7, 11) is 0. The van der Waals surface area contributed by atoms with Gasteiger partial charge in [0.05, 0.1) is 9.95 Å². The van der Waals surface area contributed by atoms with Crippen molar-refractivity contribution >= 4 is 28.9 Å². The highest BCUT2D eigenvalue weighted by Gasteiger charge is 2.20. The zero-order chi connectivity index (χ0) is 9.30. The van der Waals surface area contributed by atoms with Crippen LogP contribution in [0.25, 0.3) is 0 Å². The van der Waals surface area contributed by atoms with Crippen molar-refractivity contribution in [3.05, 3.63) is 32.3 Å². The molecule has 0 saturated heterocycles. The van der Waals surface area contributed by atoms with Crippen molar-refractivity contribution in [2.24, 2.45) is 0 Å². The summed E-state index contributed by atoms with van der Waals surface area (Å²) >= 11 is 10.9. The molecule has 1 N–H and O–H groups in total. The molecule has 0 heterocycles. The Kier molecular flexibility index (Phi) is 2.40. The zero-order valence-corrected chi connectivity index (χ0v) is 7.13. The fourth-order valence-electron chi connectivity index (χ4n) is 0.703. The van der Waals surface area contributed by atoms with E-state index >= 15 is 0 Å². The number of aromatic hydroxyl groups is 1. The molecule has 6 heteroatoms. The molecule has 4 nitrogen and oxygen atoms in total. The molecule has 64 valence electrons. The lowest BCUT2D eigenvalue weighted by molar-refractivity contribution is -0.385. The van der Waals surface area contributed by atoms with Gasteiger partial charge in [-0.15, -0.1) is 0 Å². The van der Waals surface area contributed by atoms with Gasteiger partial charge in [0.1, 0.15) is 5.02 Å². The Morgan fingerprint density at radius 1 is 1.42 bits per heavy atom. The monoisotopic (exact) mass is 207 g/mol. The van der Waals surface area contributed by atoms with Gasteiger partial charge in [-0.3, -0.25) is 10.1 Å². The summed E-state index contributed by atoms with van der Waals surface area (Å²) in [5.74, 6) is -0.491. The molecule has 0 atom stereocenters. The summed E-state index contributed by atoms with van der Waals surface area (Å²) < 4.78 is 0. The Labute approximate surface area is 77.5 Å². The van der Waals surface area contributed by atoms with Crippen LogP contribution < -0.4 is 0 Å². The molecule has 0 fully saturated rings. The van der Waals surface area contributed by atoms with Crippen LogP contribution in [0.3, 0.4) is 0 Å². The van der Waals surface area contributed by atoms with Crippen LogP contribution in [0.1, 0.15) is 0 Å². The average Bonchev–Trinajstić information content (AvgIpc) is 1.97. The van der Waals surface area contributed by atoms with Crippen molar-refractivity contribution in [1.82, 2.24) is 0 Å². The Hall–Kier alpha value is -1.000. The average molecular weight is 208 g/mol. The molecule has 1 rings (SSSR count). The van der Waals surface area contributed by atoms with Crippen LogP contribution in [0.15, 0.2) is 12.1 Å². The Morgan fingerprint density at radius 3 is 2.42 bits per heavy atom. The third kappa shape index (κ3) is 1.44. The van der Waals surface area contributed by atoms with Gasteiger partial charge in [-0.05, 0) is 12.1 Å². The van der Waals surface area contributed by atoms with Gasteiger partial charge < -0.3 is 5.11 Å². The lowest BCUT2D eigenvalue weighted by Gasteiger charge is -1.98. The molecule has 0 amide bonds. The summed E-state index contributed by atoms with van der Waals surface area (Å²) in [4.78, 5) is 9.51. The molecule has 0 saturated carbocycles. The van der Waals surface area contributed by atoms with Crippen LogP contribution >= 0.6 is 23.2 Å². The normalized spacial score (nSPS) is 9.83. The second kappa shape index (κ2) is 3.16. The van der Waals surface area contributed by atoms with E-state index in [4.69, 9.17) is 28.3 Å². The molecule has 0 unspecified atom stereocenters. The molecule has 0 aliphatic carbocycles. The van der Waals surface area contributed by atoms with E-state index in [0.29, 0.717) is 0 Å². The van der Waals surface area contributed by atoms with Crippen LogP contribution in [0, 0.1) is 10.1 Å². The predicted molar refractivity (Wildman–Crippen MR) is 44.8 cm³/mol. The van der Waals surface area contributed by atoms with E-state index in [1.807, 2.05) is 0 Å². The zero-order valence-electron chi connectivity index (χ0n) is 5.62. The number of phenolic OH excluding ortho intramolecular Hbond substituents is 1. The van der Waals surface area contributed by atoms with E-state index in [1.165, 1.54) is 6.07 Å². The van der Waals surface area contributed by atoms with E-state index in [2.05, 4.69) is 0 Å². The Bertz CT molecular complexity index is 340. The van der Waals surface area contributed by atoms with Gasteiger partial charge in [-0.1, -0.05) is 23.2 Å². The minimum absolute atomic E-state index is 0.0427. The molecule has 1 aromatic carbocycles. The van der Waals surface area contributed by atoms with Crippen molar-refractivity contribution in [1.29, 1.82) is 0 Å². The fourth-order valence-corrected chi connectivity index (χ4v) is 1.08. The number of hydrogen-bond acceptors (Lipinski definition) is 3. The van der Waals surface area contributed by atoms with Crippen LogP contribution in [0.5, 0.6) is 5.75 Å². The molecule has 0 aromatic heterocycles. The SMILES string of the molecule is O=[N+]([O-])c1c(O)ccc(Cl)c1Cl. The maximum Gasteiger partial charge on any atom is 0.330 e. The first-order valence-electron chi connectivity index (χ1n) is 2.85. The van der Waals surface area contributed by atoms with E-state index in [0.717, 1.165) is 6.07 Å². The number of nitro benzene ring substituents is 1. The highest BCUT2D eigenvalue weighted by molar-refractivity contribution is 6.43. The number of phenols is 1. The van der Waals surface area contributed by atoms with E-state index < -0.39 is 16.4 Å². The molecule has 1 aromatic rings. The number of halogens is 2. The number of hydrogen-bond donors (Lipinski definition) is 1. The topological polar surface area (TPSA) is 63.4 Å². The van der Waals surface area contributed by atoms with Gasteiger partial charge in [0.15, 0.2) is 5.75 Å².